The Morgan fingerprint density at radius 2 is 1.93 bits per heavy atom. The van der Waals surface area contributed by atoms with Gasteiger partial charge in [-0.25, -0.2) is 9.49 Å². The number of nitrogens with one attached hydrogen (secondary N) is 1. The second kappa shape index (κ2) is 7.41. The average Bonchev–Trinajstić information content (AvgIpc) is 3.30. The molecule has 0 atom stereocenters. The van der Waals surface area contributed by atoms with E-state index in [4.69, 9.17) is 23.2 Å². The molecule has 28 heavy (non-hydrogen) atoms. The summed E-state index contributed by atoms with van der Waals surface area (Å²) in [6.07, 6.45) is 0. The molecule has 0 aliphatic carbocycles. The quantitative estimate of drug-likeness (QED) is 0.489. The van der Waals surface area contributed by atoms with E-state index in [-0.39, 0.29) is 5.02 Å². The van der Waals surface area contributed by atoms with Gasteiger partial charge in [-0.1, -0.05) is 29.3 Å². The van der Waals surface area contributed by atoms with Crippen molar-refractivity contribution in [2.24, 2.45) is 0 Å². The van der Waals surface area contributed by atoms with Gasteiger partial charge in [-0.3, -0.25) is 0 Å². The molecule has 2 aromatic heterocycles. The molecule has 144 valence electrons. The first-order valence-electron chi connectivity index (χ1n) is 8.83. The van der Waals surface area contributed by atoms with Gasteiger partial charge < -0.3 is 9.47 Å². The minimum Gasteiger partial charge on any atom is -0.370 e. The van der Waals surface area contributed by atoms with Crippen molar-refractivity contribution in [3.63, 3.8) is 0 Å². The molecule has 0 aliphatic rings. The lowest BCUT2D eigenvalue weighted by Crippen LogP contribution is -2.22. The molecule has 0 spiro atoms. The van der Waals surface area contributed by atoms with Crippen molar-refractivity contribution in [2.45, 2.75) is 13.8 Å². The number of rotatable bonds is 5. The zero-order valence-corrected chi connectivity index (χ0v) is 16.8. The molecule has 0 aliphatic heterocycles. The van der Waals surface area contributed by atoms with E-state index in [1.165, 1.54) is 6.07 Å². The Morgan fingerprint density at radius 1 is 1.14 bits per heavy atom. The predicted octanol–water partition coefficient (Wildman–Crippen LogP) is 5.10. The standard InChI is InChI=1S/C19H17Cl2FN6/c1-3-27(4-2)17-13-9-15(22)14(21)10-16(13)28(12-7-5-6-11(20)8-12)18(17)19-23-25-26-24-19/h5-10H,3-4H2,1-2H3,(H,23,24,25,26). The van der Waals surface area contributed by atoms with Gasteiger partial charge in [-0.2, -0.15) is 0 Å². The lowest BCUT2D eigenvalue weighted by atomic mass is 10.2. The van der Waals surface area contributed by atoms with Crippen molar-refractivity contribution in [3.8, 4) is 17.2 Å². The number of aromatic nitrogens is 5. The summed E-state index contributed by atoms with van der Waals surface area (Å²) in [5, 5.41) is 15.8. The maximum absolute atomic E-state index is 14.4. The number of hydrogen-bond acceptors (Lipinski definition) is 4. The van der Waals surface area contributed by atoms with E-state index in [1.54, 1.807) is 12.1 Å². The van der Waals surface area contributed by atoms with Crippen molar-refractivity contribution >= 4 is 39.8 Å². The van der Waals surface area contributed by atoms with E-state index in [2.05, 4.69) is 25.5 Å². The van der Waals surface area contributed by atoms with Crippen molar-refractivity contribution in [3.05, 3.63) is 52.3 Å². The van der Waals surface area contributed by atoms with Crippen LogP contribution < -0.4 is 4.90 Å². The molecule has 0 amide bonds. The minimum absolute atomic E-state index is 0.0432. The molecule has 4 rings (SSSR count). The second-order valence-electron chi connectivity index (χ2n) is 6.22. The van der Waals surface area contributed by atoms with Crippen LogP contribution in [0.2, 0.25) is 10.0 Å². The fourth-order valence-electron chi connectivity index (χ4n) is 3.49. The van der Waals surface area contributed by atoms with Gasteiger partial charge in [-0.05, 0) is 54.6 Å². The summed E-state index contributed by atoms with van der Waals surface area (Å²) in [6.45, 7) is 5.54. The van der Waals surface area contributed by atoms with Crippen LogP contribution in [0.15, 0.2) is 36.4 Å². The minimum atomic E-state index is -0.479. The number of anilines is 1. The maximum atomic E-state index is 14.4. The van der Waals surface area contributed by atoms with Crippen LogP contribution in [-0.2, 0) is 0 Å². The van der Waals surface area contributed by atoms with E-state index < -0.39 is 5.82 Å². The lowest BCUT2D eigenvalue weighted by molar-refractivity contribution is 0.630. The third-order valence-corrected chi connectivity index (χ3v) is 5.22. The topological polar surface area (TPSA) is 62.6 Å². The molecule has 9 heteroatoms. The number of nitrogens with zero attached hydrogens (tertiary/aromatic N) is 5. The maximum Gasteiger partial charge on any atom is 0.198 e. The Kier molecular flexibility index (Phi) is 4.95. The summed E-state index contributed by atoms with van der Waals surface area (Å²) in [5.74, 6) is -0.0114. The van der Waals surface area contributed by atoms with E-state index in [9.17, 15) is 4.39 Å². The molecule has 2 aromatic carbocycles. The summed E-state index contributed by atoms with van der Waals surface area (Å²) in [7, 11) is 0. The molecule has 2 heterocycles. The van der Waals surface area contributed by atoms with Gasteiger partial charge in [0, 0.05) is 29.2 Å². The van der Waals surface area contributed by atoms with Crippen LogP contribution in [0.1, 0.15) is 13.8 Å². The van der Waals surface area contributed by atoms with Gasteiger partial charge in [0.2, 0.25) is 0 Å². The fraction of sp³-hybridized carbons (Fsp3) is 0.211. The molecular formula is C19H17Cl2FN6. The van der Waals surface area contributed by atoms with Crippen molar-refractivity contribution in [2.75, 3.05) is 18.0 Å². The molecule has 0 bridgehead atoms. The Balaban J connectivity index is 2.20. The Labute approximate surface area is 170 Å². The largest absolute Gasteiger partial charge is 0.370 e. The van der Waals surface area contributed by atoms with E-state index in [1.807, 2.05) is 36.6 Å². The van der Waals surface area contributed by atoms with Crippen LogP contribution in [0.3, 0.4) is 0 Å². The highest BCUT2D eigenvalue weighted by molar-refractivity contribution is 6.32. The van der Waals surface area contributed by atoms with Crippen molar-refractivity contribution in [1.82, 2.24) is 25.2 Å². The van der Waals surface area contributed by atoms with E-state index in [0.29, 0.717) is 16.5 Å². The molecule has 4 aromatic rings. The van der Waals surface area contributed by atoms with Gasteiger partial charge in [0.05, 0.1) is 16.2 Å². The Bertz CT molecular complexity index is 1140. The summed E-state index contributed by atoms with van der Waals surface area (Å²) in [4.78, 5) is 2.13. The highest BCUT2D eigenvalue weighted by atomic mass is 35.5. The monoisotopic (exact) mass is 418 g/mol. The van der Waals surface area contributed by atoms with Crippen molar-refractivity contribution in [1.29, 1.82) is 0 Å². The smallest absolute Gasteiger partial charge is 0.198 e. The molecule has 0 fully saturated rings. The molecule has 0 saturated heterocycles. The normalized spacial score (nSPS) is 11.3. The molecule has 6 nitrogen and oxygen atoms in total. The highest BCUT2D eigenvalue weighted by Gasteiger charge is 2.26. The van der Waals surface area contributed by atoms with Crippen LogP contribution in [0.25, 0.3) is 28.1 Å². The lowest BCUT2D eigenvalue weighted by Gasteiger charge is -2.22. The number of benzene rings is 2. The number of halogens is 3. The second-order valence-corrected chi connectivity index (χ2v) is 7.06. The first kappa shape index (κ1) is 18.7. The molecular weight excluding hydrogens is 402 g/mol. The number of fused-ring (bicyclic) bond motifs is 1. The van der Waals surface area contributed by atoms with Gasteiger partial charge in [0.1, 0.15) is 11.5 Å². The Morgan fingerprint density at radius 3 is 2.57 bits per heavy atom. The number of tetrazole rings is 1. The summed E-state index contributed by atoms with van der Waals surface area (Å²) in [5.41, 5.74) is 3.08. The summed E-state index contributed by atoms with van der Waals surface area (Å²) >= 11 is 12.4. The zero-order valence-electron chi connectivity index (χ0n) is 15.2. The first-order chi connectivity index (χ1) is 13.5. The van der Waals surface area contributed by atoms with Crippen molar-refractivity contribution < 1.29 is 4.39 Å². The van der Waals surface area contributed by atoms with Gasteiger partial charge in [0.15, 0.2) is 5.82 Å². The summed E-state index contributed by atoms with van der Waals surface area (Å²) < 4.78 is 16.4. The SMILES string of the molecule is CCN(CC)c1c(-c2nnn[nH]2)n(-c2cccc(Cl)c2)c2cc(Cl)c(F)cc12. The summed E-state index contributed by atoms with van der Waals surface area (Å²) in [6, 6.07) is 10.5. The first-order valence-corrected chi connectivity index (χ1v) is 9.59. The van der Waals surface area contributed by atoms with Crippen LogP contribution >= 0.6 is 23.2 Å². The molecule has 0 radical (unpaired) electrons. The van der Waals surface area contributed by atoms with Crippen LogP contribution in [0.5, 0.6) is 0 Å². The Hall–Kier alpha value is -2.64. The van der Waals surface area contributed by atoms with Gasteiger partial charge in [0.25, 0.3) is 0 Å². The fourth-order valence-corrected chi connectivity index (χ4v) is 3.83. The third kappa shape index (κ3) is 3.00. The molecule has 0 unspecified atom stereocenters. The van der Waals surface area contributed by atoms with Crippen LogP contribution in [-0.4, -0.2) is 38.3 Å². The number of hydrogen-bond donors (Lipinski definition) is 1. The highest BCUT2D eigenvalue weighted by Crippen LogP contribution is 2.42. The predicted molar refractivity (Wildman–Crippen MR) is 110 cm³/mol. The van der Waals surface area contributed by atoms with E-state index in [0.717, 1.165) is 35.4 Å². The van der Waals surface area contributed by atoms with Crippen LogP contribution in [0.4, 0.5) is 10.1 Å². The molecule has 1 N–H and O–H groups in total. The third-order valence-electron chi connectivity index (χ3n) is 4.70. The van der Waals surface area contributed by atoms with E-state index >= 15 is 0 Å². The number of H-pyrrole nitrogens is 1. The van der Waals surface area contributed by atoms with Gasteiger partial charge >= 0.3 is 0 Å². The molecule has 0 saturated carbocycles. The van der Waals surface area contributed by atoms with Crippen LogP contribution in [0, 0.1) is 5.82 Å². The zero-order chi connectivity index (χ0) is 19.8. The van der Waals surface area contributed by atoms with Gasteiger partial charge in [-0.15, -0.1) is 5.10 Å². The average molecular weight is 419 g/mol. The number of aromatic amines is 1.